The molecule has 2 rings (SSSR count). The van der Waals surface area contributed by atoms with Gasteiger partial charge in [-0.1, -0.05) is 26.2 Å². The van der Waals surface area contributed by atoms with Crippen molar-refractivity contribution in [2.45, 2.75) is 43.8 Å². The van der Waals surface area contributed by atoms with E-state index in [2.05, 4.69) is 18.3 Å². The molecule has 0 aromatic rings. The maximum absolute atomic E-state index is 11.9. The van der Waals surface area contributed by atoms with Crippen LogP contribution in [0.2, 0.25) is 0 Å². The minimum atomic E-state index is -0.621. The fourth-order valence-corrected chi connectivity index (χ4v) is 4.42. The van der Waals surface area contributed by atoms with E-state index in [1.165, 1.54) is 19.3 Å². The summed E-state index contributed by atoms with van der Waals surface area (Å²) in [6, 6.07) is 2.13. The summed E-state index contributed by atoms with van der Waals surface area (Å²) in [5, 5.41) is 11.3. The van der Waals surface area contributed by atoms with Crippen LogP contribution in [0.15, 0.2) is 0 Å². The van der Waals surface area contributed by atoms with Gasteiger partial charge in [0.15, 0.2) is 0 Å². The summed E-state index contributed by atoms with van der Waals surface area (Å²) in [7, 11) is 0. The van der Waals surface area contributed by atoms with E-state index in [1.54, 1.807) is 11.8 Å². The third kappa shape index (κ3) is 2.03. The first-order chi connectivity index (χ1) is 8.65. The highest BCUT2D eigenvalue weighted by Gasteiger charge is 2.67. The smallest absolute Gasteiger partial charge is 0.243 e. The predicted octanol–water partition coefficient (Wildman–Crippen LogP) is 1.85. The number of rotatable bonds is 6. The normalized spacial score (nSPS) is 33.6. The average Bonchev–Trinajstić information content (AvgIpc) is 2.48. The Kier molecular flexibility index (Phi) is 3.96. The molecular weight excluding hydrogens is 248 g/mol. The SMILES string of the molecule is CCCCCCSC12C[C@@H](C#N)C1C(=O)NC2=O. The van der Waals surface area contributed by atoms with Gasteiger partial charge in [0.05, 0.1) is 17.9 Å². The van der Waals surface area contributed by atoms with Crippen LogP contribution in [-0.4, -0.2) is 22.3 Å². The molecule has 2 fully saturated rings. The number of nitrogens with one attached hydrogen (secondary N) is 1. The monoisotopic (exact) mass is 266 g/mol. The quantitative estimate of drug-likeness (QED) is 0.588. The van der Waals surface area contributed by atoms with E-state index in [4.69, 9.17) is 5.26 Å². The number of nitriles is 1. The molecule has 1 saturated heterocycles. The number of imide groups is 1. The van der Waals surface area contributed by atoms with Crippen LogP contribution in [0.4, 0.5) is 0 Å². The lowest BCUT2D eigenvalue weighted by Gasteiger charge is -2.43. The van der Waals surface area contributed by atoms with E-state index < -0.39 is 10.7 Å². The zero-order valence-electron chi connectivity index (χ0n) is 10.6. The van der Waals surface area contributed by atoms with Gasteiger partial charge in [0, 0.05) is 0 Å². The van der Waals surface area contributed by atoms with E-state index in [0.717, 1.165) is 12.2 Å². The zero-order chi connectivity index (χ0) is 13.2. The van der Waals surface area contributed by atoms with E-state index >= 15 is 0 Å². The van der Waals surface area contributed by atoms with Crippen LogP contribution in [-0.2, 0) is 9.59 Å². The maximum atomic E-state index is 11.9. The molecule has 0 spiro atoms. The molecule has 2 unspecified atom stereocenters. The summed E-state index contributed by atoms with van der Waals surface area (Å²) >= 11 is 1.58. The van der Waals surface area contributed by atoms with Crippen molar-refractivity contribution in [2.75, 3.05) is 5.75 Å². The molecule has 1 aliphatic carbocycles. The fraction of sp³-hybridized carbons (Fsp3) is 0.769. The molecule has 98 valence electrons. The van der Waals surface area contributed by atoms with Crippen molar-refractivity contribution >= 4 is 23.6 Å². The summed E-state index contributed by atoms with van der Waals surface area (Å²) in [6.45, 7) is 2.16. The van der Waals surface area contributed by atoms with Crippen molar-refractivity contribution in [1.29, 1.82) is 5.26 Å². The summed E-state index contributed by atoms with van der Waals surface area (Å²) in [5.74, 6) is -0.218. The number of carbonyl (C=O) groups is 2. The third-order valence-corrected chi connectivity index (χ3v) is 5.47. The van der Waals surface area contributed by atoms with Gasteiger partial charge in [-0.05, 0) is 18.6 Å². The molecule has 1 saturated carbocycles. The van der Waals surface area contributed by atoms with Crippen LogP contribution in [0, 0.1) is 23.2 Å². The fourth-order valence-electron chi connectivity index (χ4n) is 2.78. The number of carbonyl (C=O) groups excluding carboxylic acids is 2. The van der Waals surface area contributed by atoms with Crippen LogP contribution in [0.25, 0.3) is 0 Å². The third-order valence-electron chi connectivity index (χ3n) is 3.85. The highest BCUT2D eigenvalue weighted by atomic mass is 32.2. The molecule has 2 amide bonds. The number of thioether (sulfide) groups is 1. The Morgan fingerprint density at radius 3 is 2.89 bits per heavy atom. The Bertz CT molecular complexity index is 404. The lowest BCUT2D eigenvalue weighted by molar-refractivity contribution is -0.126. The Balaban J connectivity index is 1.91. The summed E-state index contributed by atoms with van der Waals surface area (Å²) in [6.07, 6.45) is 5.17. The van der Waals surface area contributed by atoms with Crippen LogP contribution >= 0.6 is 11.8 Å². The number of amides is 2. The predicted molar refractivity (Wildman–Crippen MR) is 69.7 cm³/mol. The second-order valence-electron chi connectivity index (χ2n) is 5.03. The molecule has 1 aliphatic heterocycles. The van der Waals surface area contributed by atoms with E-state index in [0.29, 0.717) is 6.42 Å². The minimum Gasteiger partial charge on any atom is -0.295 e. The second kappa shape index (κ2) is 5.31. The maximum Gasteiger partial charge on any atom is 0.243 e. The molecule has 5 heteroatoms. The van der Waals surface area contributed by atoms with E-state index in [1.807, 2.05) is 0 Å². The first-order valence-electron chi connectivity index (χ1n) is 6.54. The first kappa shape index (κ1) is 13.4. The highest BCUT2D eigenvalue weighted by molar-refractivity contribution is 8.01. The van der Waals surface area contributed by atoms with Gasteiger partial charge < -0.3 is 0 Å². The molecule has 3 atom stereocenters. The number of nitrogens with zero attached hydrogens (tertiary/aromatic N) is 1. The number of hydrogen-bond donors (Lipinski definition) is 1. The van der Waals surface area contributed by atoms with Crippen LogP contribution in [0.3, 0.4) is 0 Å². The molecule has 0 aromatic carbocycles. The Morgan fingerprint density at radius 1 is 1.44 bits per heavy atom. The van der Waals surface area contributed by atoms with Gasteiger partial charge in [0.25, 0.3) is 0 Å². The summed E-state index contributed by atoms with van der Waals surface area (Å²) in [4.78, 5) is 23.5. The van der Waals surface area contributed by atoms with E-state index in [9.17, 15) is 9.59 Å². The summed E-state index contributed by atoms with van der Waals surface area (Å²) in [5.41, 5.74) is 0. The summed E-state index contributed by atoms with van der Waals surface area (Å²) < 4.78 is -0.621. The molecule has 2 aliphatic rings. The van der Waals surface area contributed by atoms with Gasteiger partial charge in [-0.25, -0.2) is 0 Å². The van der Waals surface area contributed by atoms with Crippen LogP contribution in [0.5, 0.6) is 0 Å². The number of unbranched alkanes of at least 4 members (excludes halogenated alkanes) is 3. The van der Waals surface area contributed by atoms with Gasteiger partial charge in [-0.2, -0.15) is 5.26 Å². The van der Waals surface area contributed by atoms with Crippen LogP contribution < -0.4 is 5.32 Å². The van der Waals surface area contributed by atoms with Gasteiger partial charge in [0.2, 0.25) is 11.8 Å². The molecule has 0 aromatic heterocycles. The second-order valence-corrected chi connectivity index (χ2v) is 6.46. The number of fused-ring (bicyclic) bond motifs is 1. The molecule has 1 N–H and O–H groups in total. The van der Waals surface area contributed by atoms with Crippen molar-refractivity contribution < 1.29 is 9.59 Å². The molecule has 18 heavy (non-hydrogen) atoms. The van der Waals surface area contributed by atoms with Gasteiger partial charge >= 0.3 is 0 Å². The van der Waals surface area contributed by atoms with Crippen molar-refractivity contribution in [2.24, 2.45) is 11.8 Å². The minimum absolute atomic E-state index is 0.176. The molecular formula is C13H18N2O2S. The standard InChI is InChI=1S/C13H18N2O2S/c1-2-3-4-5-6-18-13-7-9(8-14)10(13)11(16)15-12(13)17/h9-10H,2-7H2,1H3,(H,15,16,17)/t9-,10?,13?/m0/s1. The molecule has 4 nitrogen and oxygen atoms in total. The highest BCUT2D eigenvalue weighted by Crippen LogP contribution is 2.55. The van der Waals surface area contributed by atoms with Crippen molar-refractivity contribution in [3.8, 4) is 6.07 Å². The molecule has 1 heterocycles. The first-order valence-corrected chi connectivity index (χ1v) is 7.53. The lowest BCUT2D eigenvalue weighted by Crippen LogP contribution is -2.53. The van der Waals surface area contributed by atoms with Crippen molar-refractivity contribution in [3.63, 3.8) is 0 Å². The van der Waals surface area contributed by atoms with Crippen LogP contribution in [0.1, 0.15) is 39.0 Å². The topological polar surface area (TPSA) is 70.0 Å². The van der Waals surface area contributed by atoms with Crippen molar-refractivity contribution in [1.82, 2.24) is 5.32 Å². The van der Waals surface area contributed by atoms with Gasteiger partial charge in [-0.3, -0.25) is 14.9 Å². The largest absolute Gasteiger partial charge is 0.295 e. The number of hydrogen-bond acceptors (Lipinski definition) is 4. The Hall–Kier alpha value is -1.02. The Labute approximate surface area is 111 Å². The van der Waals surface area contributed by atoms with E-state index in [-0.39, 0.29) is 17.7 Å². The molecule has 0 radical (unpaired) electrons. The Morgan fingerprint density at radius 2 is 2.22 bits per heavy atom. The zero-order valence-corrected chi connectivity index (χ0v) is 11.4. The molecule has 0 bridgehead atoms. The average molecular weight is 266 g/mol. The lowest BCUT2D eigenvalue weighted by atomic mass is 9.66. The van der Waals surface area contributed by atoms with Gasteiger partial charge in [0.1, 0.15) is 4.75 Å². The van der Waals surface area contributed by atoms with Gasteiger partial charge in [-0.15, -0.1) is 11.8 Å². The van der Waals surface area contributed by atoms with Crippen molar-refractivity contribution in [3.05, 3.63) is 0 Å².